The van der Waals surface area contributed by atoms with Gasteiger partial charge in [0, 0.05) is 18.8 Å². The van der Waals surface area contributed by atoms with Crippen LogP contribution >= 0.6 is 0 Å². The molecule has 0 spiro atoms. The lowest BCUT2D eigenvalue weighted by Gasteiger charge is -2.12. The number of hydrogen-bond donors (Lipinski definition) is 0. The molecule has 0 heterocycles. The normalized spacial score (nSPS) is 12.2. The van der Waals surface area contributed by atoms with Crippen LogP contribution in [0.25, 0.3) is 0 Å². The van der Waals surface area contributed by atoms with Gasteiger partial charge in [-0.05, 0) is 33.6 Å². The zero-order valence-corrected chi connectivity index (χ0v) is 10.5. The van der Waals surface area contributed by atoms with E-state index < -0.39 is 0 Å². The van der Waals surface area contributed by atoms with Gasteiger partial charge in [-0.15, -0.1) is 0 Å². The highest BCUT2D eigenvalue weighted by atomic mass is 16.7. The standard InChI is InChI=1S/C12H22O4/c1-5-14-11(4)15-8-6-7-9-16-12(13)10(2)3/h11H,2,5-9H2,1,3-4H3. The van der Waals surface area contributed by atoms with Gasteiger partial charge in [0.25, 0.3) is 0 Å². The van der Waals surface area contributed by atoms with E-state index in [1.165, 1.54) is 0 Å². The van der Waals surface area contributed by atoms with Gasteiger partial charge in [0.15, 0.2) is 6.29 Å². The average Bonchev–Trinajstić information content (AvgIpc) is 2.23. The third-order valence-electron chi connectivity index (χ3n) is 1.87. The first-order valence-corrected chi connectivity index (χ1v) is 5.63. The number of rotatable bonds is 9. The van der Waals surface area contributed by atoms with Crippen LogP contribution in [0.3, 0.4) is 0 Å². The number of ether oxygens (including phenoxy) is 3. The summed E-state index contributed by atoms with van der Waals surface area (Å²) in [7, 11) is 0. The Morgan fingerprint density at radius 2 is 1.88 bits per heavy atom. The maximum Gasteiger partial charge on any atom is 0.333 e. The maximum absolute atomic E-state index is 11.0. The minimum absolute atomic E-state index is 0.164. The third kappa shape index (κ3) is 8.44. The van der Waals surface area contributed by atoms with Crippen LogP contribution in [0, 0.1) is 0 Å². The van der Waals surface area contributed by atoms with Gasteiger partial charge in [-0.3, -0.25) is 0 Å². The molecule has 0 saturated heterocycles. The summed E-state index contributed by atoms with van der Waals surface area (Å²) < 4.78 is 15.5. The first kappa shape index (κ1) is 15.1. The van der Waals surface area contributed by atoms with Crippen LogP contribution in [-0.2, 0) is 19.0 Å². The summed E-state index contributed by atoms with van der Waals surface area (Å²) in [5, 5.41) is 0. The van der Waals surface area contributed by atoms with Crippen molar-refractivity contribution in [3.63, 3.8) is 0 Å². The monoisotopic (exact) mass is 230 g/mol. The second-order valence-corrected chi connectivity index (χ2v) is 3.52. The minimum Gasteiger partial charge on any atom is -0.462 e. The maximum atomic E-state index is 11.0. The molecule has 0 aromatic heterocycles. The van der Waals surface area contributed by atoms with Gasteiger partial charge in [0.1, 0.15) is 0 Å². The summed E-state index contributed by atoms with van der Waals surface area (Å²) in [5.74, 6) is -0.330. The summed E-state index contributed by atoms with van der Waals surface area (Å²) in [5.41, 5.74) is 0.432. The fraction of sp³-hybridized carbons (Fsp3) is 0.750. The first-order chi connectivity index (χ1) is 7.57. The van der Waals surface area contributed by atoms with Crippen LogP contribution in [0.2, 0.25) is 0 Å². The molecule has 0 bridgehead atoms. The molecule has 0 rings (SSSR count). The number of carbonyl (C=O) groups excluding carboxylic acids is 1. The highest BCUT2D eigenvalue weighted by Crippen LogP contribution is 1.99. The van der Waals surface area contributed by atoms with Gasteiger partial charge in [-0.25, -0.2) is 4.79 Å². The van der Waals surface area contributed by atoms with Crippen LogP contribution in [0.4, 0.5) is 0 Å². The van der Waals surface area contributed by atoms with Crippen LogP contribution in [-0.4, -0.2) is 32.1 Å². The zero-order chi connectivity index (χ0) is 12.4. The molecule has 0 aliphatic rings. The smallest absolute Gasteiger partial charge is 0.333 e. The van der Waals surface area contributed by atoms with Crippen molar-refractivity contribution in [3.05, 3.63) is 12.2 Å². The molecule has 0 aliphatic carbocycles. The van der Waals surface area contributed by atoms with E-state index in [9.17, 15) is 4.79 Å². The Balaban J connectivity index is 3.27. The first-order valence-electron chi connectivity index (χ1n) is 5.63. The Kier molecular flexibility index (Phi) is 8.85. The highest BCUT2D eigenvalue weighted by molar-refractivity contribution is 5.86. The molecule has 16 heavy (non-hydrogen) atoms. The van der Waals surface area contributed by atoms with Gasteiger partial charge in [0.05, 0.1) is 6.61 Å². The summed E-state index contributed by atoms with van der Waals surface area (Å²) in [6.07, 6.45) is 1.47. The van der Waals surface area contributed by atoms with Crippen LogP contribution in [0.5, 0.6) is 0 Å². The Hall–Kier alpha value is -0.870. The lowest BCUT2D eigenvalue weighted by atomic mass is 10.3. The van der Waals surface area contributed by atoms with E-state index in [1.54, 1.807) is 6.92 Å². The Morgan fingerprint density at radius 1 is 1.25 bits per heavy atom. The average molecular weight is 230 g/mol. The van der Waals surface area contributed by atoms with Crippen LogP contribution in [0.1, 0.15) is 33.6 Å². The van der Waals surface area contributed by atoms with Gasteiger partial charge in [0.2, 0.25) is 0 Å². The van der Waals surface area contributed by atoms with E-state index in [2.05, 4.69) is 6.58 Å². The molecule has 0 amide bonds. The van der Waals surface area contributed by atoms with Crippen molar-refractivity contribution >= 4 is 5.97 Å². The van der Waals surface area contributed by atoms with Crippen LogP contribution < -0.4 is 0 Å². The fourth-order valence-corrected chi connectivity index (χ4v) is 1.02. The van der Waals surface area contributed by atoms with E-state index in [1.807, 2.05) is 13.8 Å². The number of esters is 1. The molecule has 1 unspecified atom stereocenters. The van der Waals surface area contributed by atoms with Crippen molar-refractivity contribution in [3.8, 4) is 0 Å². The Bertz CT molecular complexity index is 213. The molecule has 0 radical (unpaired) electrons. The topological polar surface area (TPSA) is 44.8 Å². The summed E-state index contributed by atoms with van der Waals surface area (Å²) in [6, 6.07) is 0. The van der Waals surface area contributed by atoms with Crippen molar-refractivity contribution in [2.45, 2.75) is 39.9 Å². The Morgan fingerprint density at radius 3 is 2.44 bits per heavy atom. The summed E-state index contributed by atoms with van der Waals surface area (Å²) in [6.45, 7) is 10.6. The molecule has 94 valence electrons. The van der Waals surface area contributed by atoms with E-state index >= 15 is 0 Å². The van der Waals surface area contributed by atoms with Crippen molar-refractivity contribution in [2.75, 3.05) is 19.8 Å². The molecule has 0 saturated carbocycles. The zero-order valence-electron chi connectivity index (χ0n) is 10.5. The molecule has 0 N–H and O–H groups in total. The van der Waals surface area contributed by atoms with E-state index in [0.29, 0.717) is 25.4 Å². The van der Waals surface area contributed by atoms with Crippen molar-refractivity contribution in [1.29, 1.82) is 0 Å². The quantitative estimate of drug-likeness (QED) is 0.264. The predicted octanol–water partition coefficient (Wildman–Crippen LogP) is 2.29. The molecule has 4 heteroatoms. The highest BCUT2D eigenvalue weighted by Gasteiger charge is 2.03. The van der Waals surface area contributed by atoms with Gasteiger partial charge < -0.3 is 14.2 Å². The number of unbranched alkanes of at least 4 members (excludes halogenated alkanes) is 1. The molecule has 0 aliphatic heterocycles. The molecular formula is C12H22O4. The minimum atomic E-state index is -0.330. The van der Waals surface area contributed by atoms with Gasteiger partial charge in [-0.1, -0.05) is 6.58 Å². The molecule has 4 nitrogen and oxygen atoms in total. The molecule has 1 atom stereocenters. The molecule has 0 fully saturated rings. The van der Waals surface area contributed by atoms with Crippen molar-refractivity contribution in [2.24, 2.45) is 0 Å². The molecular weight excluding hydrogens is 208 g/mol. The van der Waals surface area contributed by atoms with Gasteiger partial charge in [-0.2, -0.15) is 0 Å². The molecule has 0 aromatic carbocycles. The lowest BCUT2D eigenvalue weighted by Crippen LogP contribution is -2.14. The second-order valence-electron chi connectivity index (χ2n) is 3.52. The van der Waals surface area contributed by atoms with Crippen molar-refractivity contribution in [1.82, 2.24) is 0 Å². The second kappa shape index (κ2) is 9.36. The largest absolute Gasteiger partial charge is 0.462 e. The third-order valence-corrected chi connectivity index (χ3v) is 1.87. The number of hydrogen-bond acceptors (Lipinski definition) is 4. The van der Waals surface area contributed by atoms with E-state index in [0.717, 1.165) is 12.8 Å². The van der Waals surface area contributed by atoms with Crippen molar-refractivity contribution < 1.29 is 19.0 Å². The van der Waals surface area contributed by atoms with Gasteiger partial charge >= 0.3 is 5.97 Å². The fourth-order valence-electron chi connectivity index (χ4n) is 1.02. The SMILES string of the molecule is C=C(C)C(=O)OCCCCOC(C)OCC. The number of carbonyl (C=O) groups is 1. The van der Waals surface area contributed by atoms with Crippen LogP contribution in [0.15, 0.2) is 12.2 Å². The predicted molar refractivity (Wildman–Crippen MR) is 62.0 cm³/mol. The van der Waals surface area contributed by atoms with E-state index in [-0.39, 0.29) is 12.3 Å². The van der Waals surface area contributed by atoms with E-state index in [4.69, 9.17) is 14.2 Å². The lowest BCUT2D eigenvalue weighted by molar-refractivity contribution is -0.140. The summed E-state index contributed by atoms with van der Waals surface area (Å²) >= 11 is 0. The summed E-state index contributed by atoms with van der Waals surface area (Å²) in [4.78, 5) is 11.0. The Labute approximate surface area is 97.6 Å². The molecule has 0 aromatic rings.